The lowest BCUT2D eigenvalue weighted by Crippen LogP contribution is -2.40. The lowest BCUT2D eigenvalue weighted by atomic mass is 10.1. The van der Waals surface area contributed by atoms with Crippen molar-refractivity contribution in [2.75, 3.05) is 7.11 Å². The molecule has 1 aromatic rings. The number of rotatable bonds is 7. The summed E-state index contributed by atoms with van der Waals surface area (Å²) < 4.78 is 30.1. The van der Waals surface area contributed by atoms with Crippen LogP contribution >= 0.6 is 14.1 Å². The number of aromatic amines is 1. The van der Waals surface area contributed by atoms with E-state index in [1.165, 1.54) is 13.3 Å². The Morgan fingerprint density at radius 2 is 1.97 bits per heavy atom. The second-order valence-electron chi connectivity index (χ2n) is 7.49. The van der Waals surface area contributed by atoms with Gasteiger partial charge in [-0.25, -0.2) is 4.79 Å². The Morgan fingerprint density at radius 1 is 1.31 bits per heavy atom. The van der Waals surface area contributed by atoms with Crippen molar-refractivity contribution in [3.63, 3.8) is 0 Å². The van der Waals surface area contributed by atoms with E-state index >= 15 is 0 Å². The number of nitrogens with zero attached hydrogens (tertiary/aromatic N) is 1. The third-order valence-electron chi connectivity index (χ3n) is 5.21. The summed E-state index contributed by atoms with van der Waals surface area (Å²) in [5, 5.41) is 0. The minimum absolute atomic E-state index is 0.203. The van der Waals surface area contributed by atoms with E-state index in [1.54, 1.807) is 13.8 Å². The molecule has 0 radical (unpaired) electrons. The molecule has 1 aliphatic carbocycles. The Morgan fingerprint density at radius 3 is 2.45 bits per heavy atom. The van der Waals surface area contributed by atoms with E-state index in [4.69, 9.17) is 25.8 Å². The fourth-order valence-electron chi connectivity index (χ4n) is 3.47. The number of ether oxygens (including phenoxy) is 2. The normalized spacial score (nSPS) is 34.3. The average Bonchev–Trinajstić information content (AvgIpc) is 3.32. The molecule has 2 heterocycles. The van der Waals surface area contributed by atoms with Crippen LogP contribution in [-0.2, 0) is 30.4 Å². The third kappa shape index (κ3) is 4.66. The minimum Gasteiger partial charge on any atom is -0.374 e. The molecule has 2 aliphatic rings. The van der Waals surface area contributed by atoms with Crippen molar-refractivity contribution in [1.82, 2.24) is 9.55 Å². The molecule has 7 atom stereocenters. The van der Waals surface area contributed by atoms with Crippen LogP contribution in [0.4, 0.5) is 0 Å². The molecule has 3 rings (SSSR count). The first-order valence-corrected chi connectivity index (χ1v) is 13.3. The van der Waals surface area contributed by atoms with Gasteiger partial charge in [0.2, 0.25) is 0 Å². The van der Waals surface area contributed by atoms with E-state index in [0.29, 0.717) is 0 Å². The van der Waals surface area contributed by atoms with Gasteiger partial charge in [-0.05, 0) is 18.2 Å². The van der Waals surface area contributed by atoms with Crippen molar-refractivity contribution < 1.29 is 33.2 Å². The molecule has 0 spiro atoms. The van der Waals surface area contributed by atoms with Gasteiger partial charge in [-0.2, -0.15) is 0 Å². The Kier molecular flexibility index (Phi) is 6.43. The molecule has 4 unspecified atom stereocenters. The fourth-order valence-corrected chi connectivity index (χ4v) is 5.78. The molecule has 14 heteroatoms. The Bertz CT molecular complexity index is 973. The smallest absolute Gasteiger partial charge is 0.330 e. The molecule has 11 nitrogen and oxygen atoms in total. The maximum absolute atomic E-state index is 12.2. The number of hydrogen-bond acceptors (Lipinski definition) is 7. The SMILES string of the molecule is COC1[C@@H](OP(O)(=S)C(C)C)[C@@H](C2CC2P(=O)(O)O)O[C@H]1n1ccc(=O)[nH]c1=O. The fraction of sp³-hybridized carbons (Fsp3) is 0.733. The second kappa shape index (κ2) is 8.11. The monoisotopic (exact) mass is 470 g/mol. The Hall–Kier alpha value is -0.680. The van der Waals surface area contributed by atoms with E-state index in [9.17, 15) is 28.8 Å². The summed E-state index contributed by atoms with van der Waals surface area (Å²) in [6, 6.07) is 1.14. The second-order valence-corrected chi connectivity index (χ2v) is 13.3. The first-order valence-electron chi connectivity index (χ1n) is 8.92. The largest absolute Gasteiger partial charge is 0.374 e. The molecule has 0 amide bonds. The highest BCUT2D eigenvalue weighted by atomic mass is 32.5. The van der Waals surface area contributed by atoms with Gasteiger partial charge >= 0.3 is 13.3 Å². The van der Waals surface area contributed by atoms with Gasteiger partial charge in [0.05, 0.1) is 11.8 Å². The molecule has 4 N–H and O–H groups in total. The van der Waals surface area contributed by atoms with E-state index < -0.39 is 61.5 Å². The predicted molar refractivity (Wildman–Crippen MR) is 106 cm³/mol. The van der Waals surface area contributed by atoms with Crippen LogP contribution in [0.25, 0.3) is 0 Å². The van der Waals surface area contributed by atoms with Crippen molar-refractivity contribution in [3.05, 3.63) is 33.1 Å². The molecule has 0 aromatic carbocycles. The van der Waals surface area contributed by atoms with E-state index in [2.05, 4.69) is 4.98 Å². The maximum atomic E-state index is 12.2. The summed E-state index contributed by atoms with van der Waals surface area (Å²) in [7, 11) is -2.98. The van der Waals surface area contributed by atoms with Crippen LogP contribution in [0.2, 0.25) is 0 Å². The molecular weight excluding hydrogens is 446 g/mol. The van der Waals surface area contributed by atoms with Crippen LogP contribution in [0.5, 0.6) is 0 Å². The highest BCUT2D eigenvalue weighted by Gasteiger charge is 2.61. The van der Waals surface area contributed by atoms with Gasteiger partial charge < -0.3 is 28.7 Å². The van der Waals surface area contributed by atoms with Crippen LogP contribution in [0.3, 0.4) is 0 Å². The molecule has 1 saturated carbocycles. The summed E-state index contributed by atoms with van der Waals surface area (Å²) in [6.07, 6.45) is -2.33. The van der Waals surface area contributed by atoms with Gasteiger partial charge in [0.1, 0.15) is 12.2 Å². The highest BCUT2D eigenvalue weighted by Crippen LogP contribution is 2.63. The molecule has 1 aliphatic heterocycles. The molecule has 0 bridgehead atoms. The van der Waals surface area contributed by atoms with Gasteiger partial charge in [0.25, 0.3) is 5.56 Å². The van der Waals surface area contributed by atoms with Crippen molar-refractivity contribution >= 4 is 25.9 Å². The minimum atomic E-state index is -4.34. The summed E-state index contributed by atoms with van der Waals surface area (Å²) in [5.74, 6) is -0.552. The van der Waals surface area contributed by atoms with Crippen molar-refractivity contribution in [2.45, 2.75) is 56.1 Å². The standard InChI is InChI=1S/C15H24N2O9P2S/c1-7(2)28(23,29)26-12-11(8-6-9(8)27(20,21)22)25-14(13(12)24-3)17-5-4-10(18)16-15(17)19/h4-5,7-9,11-14H,6H2,1-3H3,(H,23,29)(H,16,18,19)(H2,20,21,22)/t8?,9?,11-,12+,13?,14-,28?/m1/s1. The van der Waals surface area contributed by atoms with Crippen LogP contribution in [-0.4, -0.2) is 61.0 Å². The number of nitrogens with one attached hydrogen (secondary N) is 1. The highest BCUT2D eigenvalue weighted by molar-refractivity contribution is 8.09. The number of aromatic nitrogens is 2. The van der Waals surface area contributed by atoms with Gasteiger partial charge in [-0.3, -0.25) is 18.9 Å². The third-order valence-corrected chi connectivity index (χ3v) is 10.0. The van der Waals surface area contributed by atoms with E-state index in [-0.39, 0.29) is 12.1 Å². The molecule has 29 heavy (non-hydrogen) atoms. The van der Waals surface area contributed by atoms with Crippen LogP contribution in [0.1, 0.15) is 26.5 Å². The maximum Gasteiger partial charge on any atom is 0.330 e. The van der Waals surface area contributed by atoms with Crippen LogP contribution in [0.15, 0.2) is 21.9 Å². The number of H-pyrrole nitrogens is 1. The van der Waals surface area contributed by atoms with Crippen molar-refractivity contribution in [1.29, 1.82) is 0 Å². The quantitative estimate of drug-likeness (QED) is 0.403. The van der Waals surface area contributed by atoms with Crippen LogP contribution in [0, 0.1) is 5.92 Å². The van der Waals surface area contributed by atoms with Gasteiger partial charge in [0, 0.05) is 30.9 Å². The van der Waals surface area contributed by atoms with Crippen molar-refractivity contribution in [3.8, 4) is 0 Å². The summed E-state index contributed by atoms with van der Waals surface area (Å²) in [5.41, 5.74) is -2.60. The first kappa shape index (κ1) is 23.0. The Labute approximate surface area is 171 Å². The van der Waals surface area contributed by atoms with Gasteiger partial charge in [-0.15, -0.1) is 0 Å². The predicted octanol–water partition coefficient (Wildman–Crippen LogP) is 0.111. The molecule has 164 valence electrons. The van der Waals surface area contributed by atoms with Crippen molar-refractivity contribution in [2.24, 2.45) is 5.92 Å². The van der Waals surface area contributed by atoms with E-state index in [1.807, 2.05) is 0 Å². The zero-order chi connectivity index (χ0) is 21.7. The Balaban J connectivity index is 1.99. The lowest BCUT2D eigenvalue weighted by molar-refractivity contribution is -0.0570. The lowest BCUT2D eigenvalue weighted by Gasteiger charge is -2.29. The molecule has 1 aromatic heterocycles. The van der Waals surface area contributed by atoms with E-state index in [0.717, 1.165) is 10.6 Å². The number of methoxy groups -OCH3 is 1. The first-order chi connectivity index (χ1) is 13.4. The average molecular weight is 470 g/mol. The van der Waals surface area contributed by atoms with Crippen LogP contribution < -0.4 is 11.2 Å². The zero-order valence-corrected chi connectivity index (χ0v) is 18.5. The molecule has 2 fully saturated rings. The number of hydrogen-bond donors (Lipinski definition) is 4. The van der Waals surface area contributed by atoms with Gasteiger partial charge in [0.15, 0.2) is 12.7 Å². The summed E-state index contributed by atoms with van der Waals surface area (Å²) in [6.45, 7) is 0.125. The van der Waals surface area contributed by atoms with Gasteiger partial charge in [-0.1, -0.05) is 13.8 Å². The topological polar surface area (TPSA) is 160 Å². The molecule has 1 saturated heterocycles. The zero-order valence-electron chi connectivity index (χ0n) is 15.9. The summed E-state index contributed by atoms with van der Waals surface area (Å²) >= 11 is 5.23. The summed E-state index contributed by atoms with van der Waals surface area (Å²) in [4.78, 5) is 55.3. The molecular formula is C15H24N2O9P2S.